The summed E-state index contributed by atoms with van der Waals surface area (Å²) in [6.45, 7) is 1.93. The second-order valence-corrected chi connectivity index (χ2v) is 4.16. The third kappa shape index (κ3) is 3.84. The molecule has 0 saturated carbocycles. The highest BCUT2D eigenvalue weighted by molar-refractivity contribution is 5.97. The van der Waals surface area contributed by atoms with E-state index >= 15 is 0 Å². The fraction of sp³-hybridized carbons (Fsp3) is 0.0667. The van der Waals surface area contributed by atoms with Crippen LogP contribution >= 0.6 is 0 Å². The monoisotopic (exact) mass is 270 g/mol. The molecule has 0 aliphatic heterocycles. The summed E-state index contributed by atoms with van der Waals surface area (Å²) in [6.07, 6.45) is 4.29. The van der Waals surface area contributed by atoms with E-state index in [1.165, 1.54) is 18.4 Å². The molecule has 0 spiro atoms. The maximum Gasteiger partial charge on any atom is 0.269 e. The van der Waals surface area contributed by atoms with Crippen molar-refractivity contribution in [3.63, 3.8) is 0 Å². The molecule has 2 N–H and O–H groups in total. The second kappa shape index (κ2) is 6.38. The van der Waals surface area contributed by atoms with Crippen molar-refractivity contribution in [1.29, 1.82) is 0 Å². The molecule has 0 aliphatic carbocycles. The van der Waals surface area contributed by atoms with Crippen LogP contribution in [0.5, 0.6) is 0 Å². The quantitative estimate of drug-likeness (QED) is 0.662. The predicted octanol–water partition coefficient (Wildman–Crippen LogP) is 2.06. The Morgan fingerprint density at radius 2 is 1.85 bits per heavy atom. The van der Waals surface area contributed by atoms with Crippen LogP contribution in [0.25, 0.3) is 6.08 Å². The van der Waals surface area contributed by atoms with Crippen LogP contribution in [0, 0.1) is 6.92 Å². The van der Waals surface area contributed by atoms with Crippen molar-refractivity contribution in [3.05, 3.63) is 65.6 Å². The zero-order valence-corrected chi connectivity index (χ0v) is 10.9. The standard InChI is InChI=1S/C15H14N2O3/c1-11-4-6-12(7-5-11)15(19)17-16-14(18)9-8-13-3-2-10-20-13/h2-10H,1H3,(H,16,18)(H,17,19)/b9-8+. The van der Waals surface area contributed by atoms with Gasteiger partial charge in [-0.05, 0) is 37.3 Å². The molecular formula is C15H14N2O3. The van der Waals surface area contributed by atoms with Gasteiger partial charge in [-0.2, -0.15) is 0 Å². The maximum atomic E-state index is 11.7. The number of benzene rings is 1. The third-order valence-corrected chi connectivity index (χ3v) is 2.56. The average molecular weight is 270 g/mol. The molecule has 1 aromatic heterocycles. The van der Waals surface area contributed by atoms with Gasteiger partial charge in [0.05, 0.1) is 6.26 Å². The highest BCUT2D eigenvalue weighted by Crippen LogP contribution is 2.03. The number of furan rings is 1. The number of hydrogen-bond donors (Lipinski definition) is 2. The predicted molar refractivity (Wildman–Crippen MR) is 74.5 cm³/mol. The molecule has 5 heteroatoms. The van der Waals surface area contributed by atoms with E-state index in [-0.39, 0.29) is 5.91 Å². The van der Waals surface area contributed by atoms with Crippen LogP contribution in [0.3, 0.4) is 0 Å². The Morgan fingerprint density at radius 3 is 2.50 bits per heavy atom. The molecule has 102 valence electrons. The number of nitrogens with one attached hydrogen (secondary N) is 2. The van der Waals surface area contributed by atoms with E-state index in [2.05, 4.69) is 10.9 Å². The SMILES string of the molecule is Cc1ccc(C(=O)NNC(=O)/C=C/c2ccco2)cc1. The van der Waals surface area contributed by atoms with Crippen LogP contribution in [0.15, 0.2) is 53.2 Å². The van der Waals surface area contributed by atoms with Crippen molar-refractivity contribution in [2.45, 2.75) is 6.92 Å². The lowest BCUT2D eigenvalue weighted by molar-refractivity contribution is -0.117. The van der Waals surface area contributed by atoms with Gasteiger partial charge < -0.3 is 4.42 Å². The van der Waals surface area contributed by atoms with Gasteiger partial charge in [-0.25, -0.2) is 0 Å². The van der Waals surface area contributed by atoms with Gasteiger partial charge in [0.2, 0.25) is 0 Å². The smallest absolute Gasteiger partial charge is 0.269 e. The molecule has 2 rings (SSSR count). The minimum absolute atomic E-state index is 0.371. The van der Waals surface area contributed by atoms with Gasteiger partial charge in [-0.3, -0.25) is 20.4 Å². The number of carbonyl (C=O) groups is 2. The number of aryl methyl sites for hydroxylation is 1. The van der Waals surface area contributed by atoms with E-state index in [0.29, 0.717) is 11.3 Å². The number of amides is 2. The lowest BCUT2D eigenvalue weighted by Crippen LogP contribution is -2.40. The van der Waals surface area contributed by atoms with Gasteiger partial charge in [0.25, 0.3) is 11.8 Å². The van der Waals surface area contributed by atoms with E-state index in [9.17, 15) is 9.59 Å². The second-order valence-electron chi connectivity index (χ2n) is 4.16. The molecule has 0 fully saturated rings. The Morgan fingerprint density at radius 1 is 1.10 bits per heavy atom. The number of hydrazine groups is 1. The summed E-state index contributed by atoms with van der Waals surface area (Å²) >= 11 is 0. The molecule has 2 amide bonds. The van der Waals surface area contributed by atoms with Crippen LogP contribution in [0.4, 0.5) is 0 Å². The van der Waals surface area contributed by atoms with Crippen LogP contribution in [0.2, 0.25) is 0 Å². The van der Waals surface area contributed by atoms with Crippen molar-refractivity contribution in [1.82, 2.24) is 10.9 Å². The molecule has 0 unspecified atom stereocenters. The highest BCUT2D eigenvalue weighted by atomic mass is 16.3. The topological polar surface area (TPSA) is 71.3 Å². The van der Waals surface area contributed by atoms with Gasteiger partial charge in [-0.1, -0.05) is 17.7 Å². The first kappa shape index (κ1) is 13.6. The molecule has 0 aliphatic rings. The average Bonchev–Trinajstić information content (AvgIpc) is 2.96. The van der Waals surface area contributed by atoms with Crippen LogP contribution in [-0.4, -0.2) is 11.8 Å². The van der Waals surface area contributed by atoms with E-state index in [1.54, 1.807) is 24.3 Å². The van der Waals surface area contributed by atoms with Crippen molar-refractivity contribution in [2.75, 3.05) is 0 Å². The van der Waals surface area contributed by atoms with E-state index in [4.69, 9.17) is 4.42 Å². The minimum Gasteiger partial charge on any atom is -0.465 e. The van der Waals surface area contributed by atoms with Crippen LogP contribution in [0.1, 0.15) is 21.7 Å². The van der Waals surface area contributed by atoms with Crippen LogP contribution in [-0.2, 0) is 4.79 Å². The Balaban J connectivity index is 1.84. The molecule has 0 saturated heterocycles. The first-order valence-electron chi connectivity index (χ1n) is 6.04. The summed E-state index contributed by atoms with van der Waals surface area (Å²) in [6, 6.07) is 10.5. The molecule has 0 atom stereocenters. The normalized spacial score (nSPS) is 10.4. The first-order valence-corrected chi connectivity index (χ1v) is 6.04. The third-order valence-electron chi connectivity index (χ3n) is 2.56. The number of hydrogen-bond acceptors (Lipinski definition) is 3. The van der Waals surface area contributed by atoms with Gasteiger partial charge in [0.15, 0.2) is 0 Å². The zero-order chi connectivity index (χ0) is 14.4. The molecule has 2 aromatic rings. The van der Waals surface area contributed by atoms with E-state index in [0.717, 1.165) is 5.56 Å². The van der Waals surface area contributed by atoms with Crippen LogP contribution < -0.4 is 10.9 Å². The maximum absolute atomic E-state index is 11.7. The lowest BCUT2D eigenvalue weighted by atomic mass is 10.1. The van der Waals surface area contributed by atoms with Crippen molar-refractivity contribution in [2.24, 2.45) is 0 Å². The van der Waals surface area contributed by atoms with E-state index < -0.39 is 5.91 Å². The van der Waals surface area contributed by atoms with Gasteiger partial charge >= 0.3 is 0 Å². The van der Waals surface area contributed by atoms with Crippen molar-refractivity contribution < 1.29 is 14.0 Å². The molecule has 1 heterocycles. The molecular weight excluding hydrogens is 256 g/mol. The van der Waals surface area contributed by atoms with Crippen molar-refractivity contribution >= 4 is 17.9 Å². The summed E-state index contributed by atoms with van der Waals surface area (Å²) < 4.78 is 5.04. The van der Waals surface area contributed by atoms with E-state index in [1.807, 2.05) is 19.1 Å². The summed E-state index contributed by atoms with van der Waals surface area (Å²) in [7, 11) is 0. The fourth-order valence-electron chi connectivity index (χ4n) is 1.48. The molecule has 0 bridgehead atoms. The Kier molecular flexibility index (Phi) is 4.34. The Labute approximate surface area is 116 Å². The highest BCUT2D eigenvalue weighted by Gasteiger charge is 2.05. The Hall–Kier alpha value is -2.82. The number of rotatable bonds is 3. The summed E-state index contributed by atoms with van der Waals surface area (Å²) in [5.41, 5.74) is 6.16. The molecule has 20 heavy (non-hydrogen) atoms. The number of carbonyl (C=O) groups excluding carboxylic acids is 2. The minimum atomic E-state index is -0.443. The largest absolute Gasteiger partial charge is 0.465 e. The molecule has 0 radical (unpaired) electrons. The van der Waals surface area contributed by atoms with Gasteiger partial charge in [-0.15, -0.1) is 0 Å². The van der Waals surface area contributed by atoms with Crippen molar-refractivity contribution in [3.8, 4) is 0 Å². The molecule has 1 aromatic carbocycles. The summed E-state index contributed by atoms with van der Waals surface area (Å²) in [5, 5.41) is 0. The summed E-state index contributed by atoms with van der Waals surface area (Å²) in [4.78, 5) is 23.2. The summed E-state index contributed by atoms with van der Waals surface area (Å²) in [5.74, 6) is -0.253. The molecule has 5 nitrogen and oxygen atoms in total. The van der Waals surface area contributed by atoms with Gasteiger partial charge in [0, 0.05) is 11.6 Å². The van der Waals surface area contributed by atoms with Gasteiger partial charge in [0.1, 0.15) is 5.76 Å². The lowest BCUT2D eigenvalue weighted by Gasteiger charge is -2.05. The fourth-order valence-corrected chi connectivity index (χ4v) is 1.48. The first-order chi connectivity index (χ1) is 9.65. The Bertz CT molecular complexity index is 613. The zero-order valence-electron chi connectivity index (χ0n) is 10.9.